The molecule has 1 heterocycles. The molecule has 1 aliphatic heterocycles. The molecule has 19 heavy (non-hydrogen) atoms. The van der Waals surface area contributed by atoms with E-state index in [0.29, 0.717) is 0 Å². The lowest BCUT2D eigenvalue weighted by molar-refractivity contribution is -0.00829. The molecule has 0 saturated carbocycles. The fraction of sp³-hybridized carbons (Fsp3) is 0.625. The van der Waals surface area contributed by atoms with Gasteiger partial charge in [-0.1, -0.05) is 13.0 Å². The van der Waals surface area contributed by atoms with Gasteiger partial charge in [-0.25, -0.2) is 4.39 Å². The molecule has 2 unspecified atom stereocenters. The highest BCUT2D eigenvalue weighted by molar-refractivity contribution is 5.30. The van der Waals surface area contributed by atoms with Gasteiger partial charge in [0.25, 0.3) is 0 Å². The largest absolute Gasteiger partial charge is 0.376 e. The summed E-state index contributed by atoms with van der Waals surface area (Å²) >= 11 is 0. The summed E-state index contributed by atoms with van der Waals surface area (Å²) in [5.74, 6) is -0.167. The van der Waals surface area contributed by atoms with E-state index in [9.17, 15) is 4.39 Å². The van der Waals surface area contributed by atoms with Gasteiger partial charge < -0.3 is 10.1 Å². The molecule has 1 aliphatic rings. The van der Waals surface area contributed by atoms with Crippen LogP contribution in [0, 0.1) is 12.7 Å². The SMILES string of the molecule is CCCNC(c1ccc(F)cc1C)C1CCCCO1. The number of nitrogens with one attached hydrogen (secondary N) is 1. The monoisotopic (exact) mass is 265 g/mol. The van der Waals surface area contributed by atoms with Crippen molar-refractivity contribution in [3.8, 4) is 0 Å². The van der Waals surface area contributed by atoms with Crippen molar-refractivity contribution in [2.45, 2.75) is 51.7 Å². The minimum Gasteiger partial charge on any atom is -0.376 e. The zero-order valence-corrected chi connectivity index (χ0v) is 11.9. The first kappa shape index (κ1) is 14.5. The number of aryl methyl sites for hydroxylation is 1. The van der Waals surface area contributed by atoms with Gasteiger partial charge in [-0.05, 0) is 62.4 Å². The molecule has 0 amide bonds. The molecule has 2 nitrogen and oxygen atoms in total. The number of rotatable bonds is 5. The molecule has 1 fully saturated rings. The molecule has 2 rings (SSSR count). The zero-order valence-electron chi connectivity index (χ0n) is 11.9. The number of benzene rings is 1. The second-order valence-corrected chi connectivity index (χ2v) is 5.34. The van der Waals surface area contributed by atoms with Crippen molar-refractivity contribution in [3.63, 3.8) is 0 Å². The van der Waals surface area contributed by atoms with Gasteiger partial charge in [0.05, 0.1) is 12.1 Å². The van der Waals surface area contributed by atoms with E-state index >= 15 is 0 Å². The maximum absolute atomic E-state index is 13.3. The van der Waals surface area contributed by atoms with Gasteiger partial charge in [-0.3, -0.25) is 0 Å². The molecule has 1 N–H and O–H groups in total. The Balaban J connectivity index is 2.19. The van der Waals surface area contributed by atoms with E-state index in [1.165, 1.54) is 12.0 Å². The summed E-state index contributed by atoms with van der Waals surface area (Å²) in [5.41, 5.74) is 2.17. The fourth-order valence-corrected chi connectivity index (χ4v) is 2.76. The Morgan fingerprint density at radius 1 is 1.42 bits per heavy atom. The zero-order chi connectivity index (χ0) is 13.7. The number of hydrogen-bond acceptors (Lipinski definition) is 2. The Morgan fingerprint density at radius 2 is 2.26 bits per heavy atom. The summed E-state index contributed by atoms with van der Waals surface area (Å²) in [7, 11) is 0. The Labute approximate surface area is 115 Å². The van der Waals surface area contributed by atoms with Crippen molar-refractivity contribution in [2.24, 2.45) is 0 Å². The molecule has 0 bridgehead atoms. The van der Waals surface area contributed by atoms with E-state index in [4.69, 9.17) is 4.74 Å². The second-order valence-electron chi connectivity index (χ2n) is 5.34. The Hall–Kier alpha value is -0.930. The molecule has 0 aliphatic carbocycles. The van der Waals surface area contributed by atoms with Crippen LogP contribution in [-0.4, -0.2) is 19.3 Å². The summed E-state index contributed by atoms with van der Waals surface area (Å²) in [6, 6.07) is 5.24. The highest BCUT2D eigenvalue weighted by Crippen LogP contribution is 2.28. The maximum Gasteiger partial charge on any atom is 0.123 e. The summed E-state index contributed by atoms with van der Waals surface area (Å²) in [6.07, 6.45) is 4.75. The first-order chi connectivity index (χ1) is 9.22. The minimum atomic E-state index is -0.167. The highest BCUT2D eigenvalue weighted by Gasteiger charge is 2.26. The molecule has 0 spiro atoms. The van der Waals surface area contributed by atoms with Crippen LogP contribution in [-0.2, 0) is 4.74 Å². The number of ether oxygens (including phenoxy) is 1. The van der Waals surface area contributed by atoms with Crippen molar-refractivity contribution in [1.29, 1.82) is 0 Å². The highest BCUT2D eigenvalue weighted by atomic mass is 19.1. The van der Waals surface area contributed by atoms with Crippen molar-refractivity contribution in [3.05, 3.63) is 35.1 Å². The van der Waals surface area contributed by atoms with E-state index < -0.39 is 0 Å². The molecule has 0 aromatic heterocycles. The third kappa shape index (κ3) is 3.77. The van der Waals surface area contributed by atoms with E-state index in [1.807, 2.05) is 13.0 Å². The predicted octanol–water partition coefficient (Wildman–Crippen LogP) is 3.74. The van der Waals surface area contributed by atoms with Gasteiger partial charge in [0.2, 0.25) is 0 Å². The number of hydrogen-bond donors (Lipinski definition) is 1. The Morgan fingerprint density at radius 3 is 2.89 bits per heavy atom. The van der Waals surface area contributed by atoms with Crippen molar-refractivity contribution in [2.75, 3.05) is 13.2 Å². The van der Waals surface area contributed by atoms with Gasteiger partial charge in [0, 0.05) is 6.61 Å². The van der Waals surface area contributed by atoms with Crippen molar-refractivity contribution < 1.29 is 9.13 Å². The van der Waals surface area contributed by atoms with Crippen LogP contribution in [0.15, 0.2) is 18.2 Å². The summed E-state index contributed by atoms with van der Waals surface area (Å²) in [5, 5.41) is 3.57. The lowest BCUT2D eigenvalue weighted by Crippen LogP contribution is -2.36. The summed E-state index contributed by atoms with van der Waals surface area (Å²) in [4.78, 5) is 0. The van der Waals surface area contributed by atoms with Gasteiger partial charge in [-0.15, -0.1) is 0 Å². The predicted molar refractivity (Wildman–Crippen MR) is 75.8 cm³/mol. The first-order valence-corrected chi connectivity index (χ1v) is 7.33. The van der Waals surface area contributed by atoms with Crippen LogP contribution in [0.3, 0.4) is 0 Å². The quantitative estimate of drug-likeness (QED) is 0.875. The van der Waals surface area contributed by atoms with Gasteiger partial charge in [0.15, 0.2) is 0 Å². The molecule has 1 aromatic carbocycles. The Bertz CT molecular complexity index is 402. The molecule has 106 valence electrons. The standard InChI is InChI=1S/C16H24FNO/c1-3-9-18-16(15-6-4-5-10-19-15)14-8-7-13(17)11-12(14)2/h7-8,11,15-16,18H,3-6,9-10H2,1-2H3. The second kappa shape index (κ2) is 7.01. The van der Waals surface area contributed by atoms with Crippen molar-refractivity contribution >= 4 is 0 Å². The molecule has 1 saturated heterocycles. The first-order valence-electron chi connectivity index (χ1n) is 7.33. The molecule has 2 atom stereocenters. The average molecular weight is 265 g/mol. The lowest BCUT2D eigenvalue weighted by atomic mass is 9.92. The molecule has 3 heteroatoms. The van der Waals surface area contributed by atoms with E-state index in [-0.39, 0.29) is 18.0 Å². The lowest BCUT2D eigenvalue weighted by Gasteiger charge is -2.32. The smallest absolute Gasteiger partial charge is 0.123 e. The third-order valence-corrected chi connectivity index (χ3v) is 3.77. The molecule has 0 radical (unpaired) electrons. The van der Waals surface area contributed by atoms with E-state index in [0.717, 1.165) is 38.0 Å². The average Bonchev–Trinajstić information content (AvgIpc) is 2.42. The summed E-state index contributed by atoms with van der Waals surface area (Å²) in [6.45, 7) is 5.93. The van der Waals surface area contributed by atoms with Crippen LogP contribution in [0.4, 0.5) is 4.39 Å². The van der Waals surface area contributed by atoms with Crippen LogP contribution >= 0.6 is 0 Å². The topological polar surface area (TPSA) is 21.3 Å². The minimum absolute atomic E-state index is 0.167. The Kier molecular flexibility index (Phi) is 5.34. The van der Waals surface area contributed by atoms with Crippen LogP contribution in [0.1, 0.15) is 49.8 Å². The van der Waals surface area contributed by atoms with Crippen LogP contribution in [0.5, 0.6) is 0 Å². The maximum atomic E-state index is 13.3. The molecule has 1 aromatic rings. The van der Waals surface area contributed by atoms with Gasteiger partial charge in [-0.2, -0.15) is 0 Å². The molecular formula is C16H24FNO. The number of halogens is 1. The van der Waals surface area contributed by atoms with Crippen molar-refractivity contribution in [1.82, 2.24) is 5.32 Å². The van der Waals surface area contributed by atoms with Crippen LogP contribution in [0.25, 0.3) is 0 Å². The third-order valence-electron chi connectivity index (χ3n) is 3.77. The fourth-order valence-electron chi connectivity index (χ4n) is 2.76. The van der Waals surface area contributed by atoms with E-state index in [2.05, 4.69) is 12.2 Å². The van der Waals surface area contributed by atoms with E-state index in [1.54, 1.807) is 12.1 Å². The van der Waals surface area contributed by atoms with Crippen LogP contribution < -0.4 is 5.32 Å². The van der Waals surface area contributed by atoms with Gasteiger partial charge in [0.1, 0.15) is 5.82 Å². The molecular weight excluding hydrogens is 241 g/mol. The normalized spacial score (nSPS) is 21.3. The van der Waals surface area contributed by atoms with Crippen LogP contribution in [0.2, 0.25) is 0 Å². The summed E-state index contributed by atoms with van der Waals surface area (Å²) < 4.78 is 19.2. The van der Waals surface area contributed by atoms with Gasteiger partial charge >= 0.3 is 0 Å².